The minimum atomic E-state index is -0.0366. The van der Waals surface area contributed by atoms with Crippen LogP contribution in [0, 0.1) is 6.92 Å². The monoisotopic (exact) mass is 370 g/mol. The number of nitrogens with zero attached hydrogens (tertiary/aromatic N) is 1. The highest BCUT2D eigenvalue weighted by Crippen LogP contribution is 2.15. The Kier molecular flexibility index (Phi) is 7.73. The second kappa shape index (κ2) is 10.0. The number of thioether (sulfide) groups is 1. The van der Waals surface area contributed by atoms with Gasteiger partial charge in [-0.25, -0.2) is 0 Å². The van der Waals surface area contributed by atoms with Crippen LogP contribution in [0.3, 0.4) is 0 Å². The third-order valence-corrected chi connectivity index (χ3v) is 5.05. The van der Waals surface area contributed by atoms with Crippen LogP contribution in [-0.2, 0) is 10.5 Å². The lowest BCUT2D eigenvalue weighted by Gasteiger charge is -2.18. The molecule has 4 nitrogen and oxygen atoms in total. The van der Waals surface area contributed by atoms with Gasteiger partial charge >= 0.3 is 0 Å². The predicted molar refractivity (Wildman–Crippen MR) is 110 cm³/mol. The molecule has 2 aromatic rings. The second-order valence-corrected chi connectivity index (χ2v) is 7.07. The van der Waals surface area contributed by atoms with Gasteiger partial charge in [0.05, 0.1) is 5.75 Å². The summed E-state index contributed by atoms with van der Waals surface area (Å²) >= 11 is 1.59. The average Bonchev–Trinajstić information content (AvgIpc) is 2.63. The summed E-state index contributed by atoms with van der Waals surface area (Å²) in [6.45, 7) is 7.36. The SMILES string of the molecule is CCN(CC)C(=O)c1ccc(NC(=O)CSCc2cccc(C)c2)cc1. The fraction of sp³-hybridized carbons (Fsp3) is 0.333. The van der Waals surface area contributed by atoms with Gasteiger partial charge in [-0.3, -0.25) is 9.59 Å². The first kappa shape index (κ1) is 20.0. The summed E-state index contributed by atoms with van der Waals surface area (Å²) in [6.07, 6.45) is 0. The van der Waals surface area contributed by atoms with E-state index in [2.05, 4.69) is 30.4 Å². The summed E-state index contributed by atoms with van der Waals surface area (Å²) < 4.78 is 0. The average molecular weight is 371 g/mol. The molecular weight excluding hydrogens is 344 g/mol. The number of carbonyl (C=O) groups excluding carboxylic acids is 2. The molecule has 2 amide bonds. The first-order valence-corrected chi connectivity index (χ1v) is 10.0. The van der Waals surface area contributed by atoms with Crippen molar-refractivity contribution in [3.63, 3.8) is 0 Å². The van der Waals surface area contributed by atoms with E-state index in [1.165, 1.54) is 11.1 Å². The predicted octanol–water partition coefficient (Wildman–Crippen LogP) is 4.35. The molecule has 0 spiro atoms. The van der Waals surface area contributed by atoms with Crippen LogP contribution in [0.2, 0.25) is 0 Å². The highest BCUT2D eigenvalue weighted by atomic mass is 32.2. The van der Waals surface area contributed by atoms with Crippen molar-refractivity contribution in [2.45, 2.75) is 26.5 Å². The Morgan fingerprint density at radius 1 is 1.04 bits per heavy atom. The van der Waals surface area contributed by atoms with E-state index in [1.54, 1.807) is 40.9 Å². The maximum atomic E-state index is 12.3. The van der Waals surface area contributed by atoms with Gasteiger partial charge in [0, 0.05) is 30.1 Å². The van der Waals surface area contributed by atoms with Gasteiger partial charge < -0.3 is 10.2 Å². The second-order valence-electron chi connectivity index (χ2n) is 6.08. The molecule has 0 aromatic heterocycles. The molecule has 2 aromatic carbocycles. The number of carbonyl (C=O) groups is 2. The Morgan fingerprint density at radius 2 is 1.73 bits per heavy atom. The molecule has 138 valence electrons. The number of anilines is 1. The number of rotatable bonds is 8. The summed E-state index contributed by atoms with van der Waals surface area (Å²) in [5.74, 6) is 1.19. The lowest BCUT2D eigenvalue weighted by Crippen LogP contribution is -2.30. The molecule has 0 aliphatic rings. The van der Waals surface area contributed by atoms with Crippen molar-refractivity contribution in [2.75, 3.05) is 24.2 Å². The first-order valence-electron chi connectivity index (χ1n) is 8.86. The summed E-state index contributed by atoms with van der Waals surface area (Å²) in [6, 6.07) is 15.4. The molecule has 0 aliphatic heterocycles. The van der Waals surface area contributed by atoms with Crippen LogP contribution in [-0.4, -0.2) is 35.6 Å². The van der Waals surface area contributed by atoms with Gasteiger partial charge in [0.2, 0.25) is 5.91 Å². The van der Waals surface area contributed by atoms with E-state index in [0.29, 0.717) is 30.1 Å². The van der Waals surface area contributed by atoms with Gasteiger partial charge in [-0.1, -0.05) is 29.8 Å². The van der Waals surface area contributed by atoms with Gasteiger partial charge in [0.1, 0.15) is 0 Å². The maximum Gasteiger partial charge on any atom is 0.253 e. The molecule has 0 fully saturated rings. The van der Waals surface area contributed by atoms with E-state index >= 15 is 0 Å². The van der Waals surface area contributed by atoms with Crippen molar-refractivity contribution in [3.05, 3.63) is 65.2 Å². The molecule has 26 heavy (non-hydrogen) atoms. The van der Waals surface area contributed by atoms with Crippen molar-refractivity contribution in [1.82, 2.24) is 4.90 Å². The van der Waals surface area contributed by atoms with Crippen LogP contribution in [0.15, 0.2) is 48.5 Å². The molecule has 0 aliphatic carbocycles. The topological polar surface area (TPSA) is 49.4 Å². The minimum absolute atomic E-state index is 0.0154. The van der Waals surface area contributed by atoms with E-state index in [9.17, 15) is 9.59 Å². The van der Waals surface area contributed by atoms with E-state index in [1.807, 2.05) is 19.9 Å². The molecule has 0 saturated carbocycles. The number of benzene rings is 2. The highest BCUT2D eigenvalue weighted by Gasteiger charge is 2.12. The standard InChI is InChI=1S/C21H26N2O2S/c1-4-23(5-2)21(25)18-9-11-19(12-10-18)22-20(24)15-26-14-17-8-6-7-16(3)13-17/h6-13H,4-5,14-15H2,1-3H3,(H,22,24). The number of aryl methyl sites for hydroxylation is 1. The van der Waals surface area contributed by atoms with Crippen LogP contribution in [0.4, 0.5) is 5.69 Å². The Hall–Kier alpha value is -2.27. The minimum Gasteiger partial charge on any atom is -0.339 e. The van der Waals surface area contributed by atoms with E-state index in [0.717, 1.165) is 5.75 Å². The van der Waals surface area contributed by atoms with Crippen molar-refractivity contribution in [1.29, 1.82) is 0 Å². The molecule has 0 atom stereocenters. The summed E-state index contributed by atoms with van der Waals surface area (Å²) in [5.41, 5.74) is 3.80. The van der Waals surface area contributed by atoms with Gasteiger partial charge in [-0.15, -0.1) is 11.8 Å². The van der Waals surface area contributed by atoms with Crippen molar-refractivity contribution in [2.24, 2.45) is 0 Å². The van der Waals surface area contributed by atoms with E-state index < -0.39 is 0 Å². The molecule has 0 unspecified atom stereocenters. The maximum absolute atomic E-state index is 12.3. The van der Waals surface area contributed by atoms with Crippen LogP contribution >= 0.6 is 11.8 Å². The fourth-order valence-corrected chi connectivity index (χ4v) is 3.42. The number of nitrogens with one attached hydrogen (secondary N) is 1. The summed E-state index contributed by atoms with van der Waals surface area (Å²) in [4.78, 5) is 26.1. The quantitative estimate of drug-likeness (QED) is 0.751. The molecule has 1 N–H and O–H groups in total. The molecule has 0 saturated heterocycles. The Morgan fingerprint density at radius 3 is 2.35 bits per heavy atom. The Bertz CT molecular complexity index is 740. The molecule has 0 heterocycles. The van der Waals surface area contributed by atoms with Crippen LogP contribution in [0.25, 0.3) is 0 Å². The summed E-state index contributed by atoms with van der Waals surface area (Å²) in [7, 11) is 0. The first-order chi connectivity index (χ1) is 12.5. The van der Waals surface area contributed by atoms with Gasteiger partial charge in [0.15, 0.2) is 0 Å². The third-order valence-electron chi connectivity index (χ3n) is 4.05. The molecule has 0 radical (unpaired) electrons. The van der Waals surface area contributed by atoms with Crippen molar-refractivity contribution in [3.8, 4) is 0 Å². The molecule has 0 bridgehead atoms. The third kappa shape index (κ3) is 5.92. The lowest BCUT2D eigenvalue weighted by molar-refractivity contribution is -0.113. The Labute approximate surface area is 160 Å². The van der Waals surface area contributed by atoms with Crippen molar-refractivity contribution >= 4 is 29.3 Å². The van der Waals surface area contributed by atoms with Crippen LogP contribution in [0.1, 0.15) is 35.3 Å². The van der Waals surface area contributed by atoms with Crippen molar-refractivity contribution < 1.29 is 9.59 Å². The van der Waals surface area contributed by atoms with Crippen LogP contribution < -0.4 is 5.32 Å². The molecular formula is C21H26N2O2S. The fourth-order valence-electron chi connectivity index (χ4n) is 2.65. The molecule has 5 heteroatoms. The lowest BCUT2D eigenvalue weighted by atomic mass is 10.2. The van der Waals surface area contributed by atoms with E-state index in [-0.39, 0.29) is 11.8 Å². The largest absolute Gasteiger partial charge is 0.339 e. The number of amides is 2. The number of hydrogen-bond donors (Lipinski definition) is 1. The highest BCUT2D eigenvalue weighted by molar-refractivity contribution is 7.99. The zero-order valence-electron chi connectivity index (χ0n) is 15.6. The van der Waals surface area contributed by atoms with Gasteiger partial charge in [0.25, 0.3) is 5.91 Å². The Balaban J connectivity index is 1.82. The zero-order valence-corrected chi connectivity index (χ0v) is 16.4. The number of hydrogen-bond acceptors (Lipinski definition) is 3. The normalized spacial score (nSPS) is 10.4. The smallest absolute Gasteiger partial charge is 0.253 e. The zero-order chi connectivity index (χ0) is 18.9. The van der Waals surface area contributed by atoms with Gasteiger partial charge in [-0.2, -0.15) is 0 Å². The van der Waals surface area contributed by atoms with E-state index in [4.69, 9.17) is 0 Å². The summed E-state index contributed by atoms with van der Waals surface area (Å²) in [5, 5.41) is 2.88. The van der Waals surface area contributed by atoms with Crippen LogP contribution in [0.5, 0.6) is 0 Å². The van der Waals surface area contributed by atoms with Gasteiger partial charge in [-0.05, 0) is 50.6 Å². The molecule has 2 rings (SSSR count).